The molecule has 0 aromatic heterocycles. The summed E-state index contributed by atoms with van der Waals surface area (Å²) in [6.45, 7) is 2.96. The van der Waals surface area contributed by atoms with Gasteiger partial charge in [-0.25, -0.2) is 0 Å². The van der Waals surface area contributed by atoms with Crippen LogP contribution < -0.4 is 5.32 Å². The van der Waals surface area contributed by atoms with E-state index in [2.05, 4.69) is 12.4 Å². The van der Waals surface area contributed by atoms with Crippen LogP contribution in [0.25, 0.3) is 0 Å². The molecule has 6 atom stereocenters. The molecule has 1 aromatic rings. The molecule has 1 saturated carbocycles. The van der Waals surface area contributed by atoms with E-state index in [0.29, 0.717) is 23.9 Å². The highest BCUT2D eigenvalue weighted by Gasteiger charge is 2.87. The Labute approximate surface area is 158 Å². The van der Waals surface area contributed by atoms with Crippen LogP contribution in [-0.2, 0) is 10.2 Å². The average molecular weight is 371 g/mol. The van der Waals surface area contributed by atoms with Gasteiger partial charge in [0.15, 0.2) is 0 Å². The molecule has 6 heteroatoms. The fourth-order valence-corrected chi connectivity index (χ4v) is 7.54. The normalized spacial score (nSPS) is 48.1. The summed E-state index contributed by atoms with van der Waals surface area (Å²) in [6, 6.07) is 7.83. The van der Waals surface area contributed by atoms with E-state index in [-0.39, 0.29) is 5.92 Å². The molecule has 0 amide bonds. The molecule has 4 fully saturated rings. The summed E-state index contributed by atoms with van der Waals surface area (Å²) in [4.78, 5) is 13.0. The van der Waals surface area contributed by atoms with Crippen LogP contribution in [-0.4, -0.2) is 64.3 Å². The van der Waals surface area contributed by atoms with Gasteiger partial charge in [-0.15, -0.1) is 0 Å². The fourth-order valence-electron chi connectivity index (χ4n) is 7.54. The van der Waals surface area contributed by atoms with E-state index in [0.717, 1.165) is 23.4 Å². The third-order valence-electron chi connectivity index (χ3n) is 8.47. The number of anilines is 1. The van der Waals surface area contributed by atoms with Gasteiger partial charge in [-0.2, -0.15) is 0 Å². The van der Waals surface area contributed by atoms with Crippen molar-refractivity contribution in [3.05, 3.63) is 41.5 Å². The van der Waals surface area contributed by atoms with Gasteiger partial charge < -0.3 is 20.6 Å². The third-order valence-corrected chi connectivity index (χ3v) is 8.47. The molecule has 4 bridgehead atoms. The summed E-state index contributed by atoms with van der Waals surface area (Å²) in [7, 11) is 2.13. The molecule has 6 nitrogen and oxygen atoms in total. The van der Waals surface area contributed by atoms with Crippen LogP contribution in [0.2, 0.25) is 0 Å². The molecule has 1 unspecified atom stereocenters. The second kappa shape index (κ2) is 4.93. The number of nitrogens with zero attached hydrogens (tertiary/aromatic N) is 1. The standard InChI is InChI=1S/C21H26N2O4/c1-3-13-11-23(2)9-8-20-14-6-4-5-7-16(14)22-21(20,23)17(25)10-15(13)19(20,12-24)18(26)27/h3-7,15,17,22,24-25H,8-12H2,1-2H3/p+1/b13-3-/t15-,17+,19?,20-,21-,23-/m0/s1. The number of quaternary nitrogens is 1. The molecule has 27 heavy (non-hydrogen) atoms. The zero-order chi connectivity index (χ0) is 19.2. The number of aliphatic carboxylic acids is 1. The molecular formula is C21H27N2O4+. The summed E-state index contributed by atoms with van der Waals surface area (Å²) in [5.41, 5.74) is -0.204. The molecule has 3 saturated heterocycles. The summed E-state index contributed by atoms with van der Waals surface area (Å²) in [5, 5.41) is 36.4. The zero-order valence-corrected chi connectivity index (χ0v) is 15.8. The monoisotopic (exact) mass is 371 g/mol. The number of fused-ring (bicyclic) bond motifs is 3. The number of hydrogen-bond acceptors (Lipinski definition) is 4. The highest BCUT2D eigenvalue weighted by molar-refractivity contribution is 5.84. The lowest BCUT2D eigenvalue weighted by atomic mass is 9.45. The van der Waals surface area contributed by atoms with E-state index in [1.165, 1.54) is 0 Å². The van der Waals surface area contributed by atoms with Crippen molar-refractivity contribution in [2.45, 2.75) is 36.9 Å². The van der Waals surface area contributed by atoms with E-state index in [4.69, 9.17) is 0 Å². The molecule has 5 aliphatic rings. The van der Waals surface area contributed by atoms with Crippen molar-refractivity contribution in [1.29, 1.82) is 0 Å². The Hall–Kier alpha value is -1.89. The molecule has 144 valence electrons. The van der Waals surface area contributed by atoms with Gasteiger partial charge in [-0.3, -0.25) is 9.28 Å². The lowest BCUT2D eigenvalue weighted by Crippen LogP contribution is -2.78. The van der Waals surface area contributed by atoms with Crippen molar-refractivity contribution >= 4 is 11.7 Å². The second-order valence-corrected chi connectivity index (χ2v) is 8.97. The Morgan fingerprint density at radius 2 is 2.15 bits per heavy atom. The number of para-hydroxylation sites is 1. The highest BCUT2D eigenvalue weighted by atomic mass is 16.4. The van der Waals surface area contributed by atoms with Gasteiger partial charge in [0.2, 0.25) is 5.66 Å². The van der Waals surface area contributed by atoms with E-state index in [1.54, 1.807) is 0 Å². The molecule has 6 rings (SSSR count). The van der Waals surface area contributed by atoms with Crippen molar-refractivity contribution in [3.8, 4) is 0 Å². The smallest absolute Gasteiger partial charge is 0.313 e. The van der Waals surface area contributed by atoms with Crippen LogP contribution in [0.3, 0.4) is 0 Å². The number of rotatable bonds is 2. The predicted octanol–water partition coefficient (Wildman–Crippen LogP) is 1.30. The SMILES string of the molecule is C/C=C1/C[N@+]2(C)CC[C@@]34c5ccccc5N[C@]32[C@H](O)C[C@@H]1C4(CO)C(=O)O. The fraction of sp³-hybridized carbons (Fsp3) is 0.571. The van der Waals surface area contributed by atoms with E-state index >= 15 is 0 Å². The zero-order valence-electron chi connectivity index (χ0n) is 15.8. The molecule has 4 heterocycles. The van der Waals surface area contributed by atoms with Crippen molar-refractivity contribution in [3.63, 3.8) is 0 Å². The number of benzene rings is 1. The number of hydrogen-bond donors (Lipinski definition) is 4. The van der Waals surface area contributed by atoms with Gasteiger partial charge in [0, 0.05) is 18.0 Å². The van der Waals surface area contributed by atoms with Crippen molar-refractivity contribution in [1.82, 2.24) is 0 Å². The molecule has 0 radical (unpaired) electrons. The van der Waals surface area contributed by atoms with Gasteiger partial charge in [-0.1, -0.05) is 24.3 Å². The number of likely N-dealkylation sites (N-methyl/N-ethyl adjacent to an activating group) is 1. The van der Waals surface area contributed by atoms with Gasteiger partial charge in [0.05, 0.1) is 25.6 Å². The van der Waals surface area contributed by atoms with E-state index in [9.17, 15) is 20.1 Å². The van der Waals surface area contributed by atoms with Gasteiger partial charge in [0.1, 0.15) is 18.1 Å². The number of aliphatic hydroxyl groups excluding tert-OH is 2. The first-order valence-electron chi connectivity index (χ1n) is 9.74. The largest absolute Gasteiger partial charge is 0.481 e. The average Bonchev–Trinajstić information content (AvgIpc) is 3.06. The predicted molar refractivity (Wildman–Crippen MR) is 100 cm³/mol. The van der Waals surface area contributed by atoms with Crippen molar-refractivity contribution in [2.75, 3.05) is 32.1 Å². The third kappa shape index (κ3) is 1.45. The minimum atomic E-state index is -1.36. The lowest BCUT2D eigenvalue weighted by molar-refractivity contribution is -0.944. The van der Waals surface area contributed by atoms with Crippen LogP contribution in [0.5, 0.6) is 0 Å². The first kappa shape index (κ1) is 17.2. The van der Waals surface area contributed by atoms with Crippen LogP contribution in [0.4, 0.5) is 5.69 Å². The Morgan fingerprint density at radius 3 is 2.81 bits per heavy atom. The maximum atomic E-state index is 13.0. The first-order valence-corrected chi connectivity index (χ1v) is 9.74. The Kier molecular flexibility index (Phi) is 3.14. The Morgan fingerprint density at radius 1 is 1.41 bits per heavy atom. The van der Waals surface area contributed by atoms with Crippen LogP contribution >= 0.6 is 0 Å². The lowest BCUT2D eigenvalue weighted by Gasteiger charge is -2.58. The highest BCUT2D eigenvalue weighted by Crippen LogP contribution is 2.73. The quantitative estimate of drug-likeness (QED) is 0.465. The Balaban J connectivity index is 1.97. The molecule has 4 N–H and O–H groups in total. The Bertz CT molecular complexity index is 885. The molecular weight excluding hydrogens is 344 g/mol. The number of carboxylic acids is 1. The summed E-state index contributed by atoms with van der Waals surface area (Å²) >= 11 is 0. The topological polar surface area (TPSA) is 89.8 Å². The minimum absolute atomic E-state index is 0.350. The van der Waals surface area contributed by atoms with Crippen LogP contribution in [0.1, 0.15) is 25.3 Å². The first-order chi connectivity index (χ1) is 12.8. The number of carboxylic acid groups (broad SMARTS) is 1. The molecule has 1 aromatic carbocycles. The minimum Gasteiger partial charge on any atom is -0.481 e. The van der Waals surface area contributed by atoms with Gasteiger partial charge >= 0.3 is 5.97 Å². The summed E-state index contributed by atoms with van der Waals surface area (Å²) in [5.74, 6) is -1.35. The number of allylic oxidation sites excluding steroid dienone is 1. The van der Waals surface area contributed by atoms with Crippen molar-refractivity contribution < 1.29 is 24.6 Å². The number of nitrogens with one attached hydrogen (secondary N) is 1. The summed E-state index contributed by atoms with van der Waals surface area (Å²) in [6.07, 6.45) is 2.29. The van der Waals surface area contributed by atoms with Gasteiger partial charge in [0.25, 0.3) is 0 Å². The van der Waals surface area contributed by atoms with Crippen molar-refractivity contribution in [2.24, 2.45) is 11.3 Å². The second-order valence-electron chi connectivity index (χ2n) is 8.97. The summed E-state index contributed by atoms with van der Waals surface area (Å²) < 4.78 is 0.550. The maximum absolute atomic E-state index is 13.0. The van der Waals surface area contributed by atoms with E-state index in [1.807, 2.05) is 37.3 Å². The van der Waals surface area contributed by atoms with E-state index < -0.39 is 35.2 Å². The molecule has 1 aliphatic carbocycles. The van der Waals surface area contributed by atoms with Crippen LogP contribution in [0.15, 0.2) is 35.9 Å². The molecule has 1 spiro atoms. The van der Waals surface area contributed by atoms with Crippen LogP contribution in [0, 0.1) is 11.3 Å². The number of carbonyl (C=O) groups is 1. The van der Waals surface area contributed by atoms with Gasteiger partial charge in [-0.05, 0) is 30.5 Å². The molecule has 4 aliphatic heterocycles. The maximum Gasteiger partial charge on any atom is 0.313 e. The number of aliphatic hydroxyl groups is 2.